The number of benzene rings is 1. The highest BCUT2D eigenvalue weighted by Gasteiger charge is 2.37. The van der Waals surface area contributed by atoms with Crippen LogP contribution in [0.15, 0.2) is 42.6 Å². The first kappa shape index (κ1) is 21.0. The number of carboxylic acid groups (broad SMARTS) is 1. The lowest BCUT2D eigenvalue weighted by Crippen LogP contribution is -2.20. The minimum Gasteiger partial charge on any atom is -0.481 e. The van der Waals surface area contributed by atoms with E-state index in [1.807, 2.05) is 0 Å². The van der Waals surface area contributed by atoms with Crippen LogP contribution >= 0.6 is 11.6 Å². The molecule has 0 saturated heterocycles. The quantitative estimate of drug-likeness (QED) is 0.604. The number of fused-ring (bicyclic) bond motifs is 1. The number of halogens is 4. The van der Waals surface area contributed by atoms with E-state index in [0.29, 0.717) is 36.0 Å². The number of carbonyl (C=O) groups is 2. The van der Waals surface area contributed by atoms with Crippen LogP contribution in [0.2, 0.25) is 5.02 Å². The maximum atomic E-state index is 13.5. The first-order chi connectivity index (χ1) is 14.7. The summed E-state index contributed by atoms with van der Waals surface area (Å²) in [6.45, 7) is 0. The molecule has 31 heavy (non-hydrogen) atoms. The van der Waals surface area contributed by atoms with E-state index in [4.69, 9.17) is 11.6 Å². The van der Waals surface area contributed by atoms with E-state index in [1.54, 1.807) is 12.1 Å². The van der Waals surface area contributed by atoms with Gasteiger partial charge in [-0.3, -0.25) is 14.6 Å². The fourth-order valence-corrected chi connectivity index (χ4v) is 3.94. The molecule has 0 fully saturated rings. The molecule has 0 bridgehead atoms. The zero-order chi connectivity index (χ0) is 22.3. The van der Waals surface area contributed by atoms with Crippen LogP contribution in [0.1, 0.15) is 40.9 Å². The number of carboxylic acids is 1. The number of allylic oxidation sites excluding steroid dienone is 2. The summed E-state index contributed by atoms with van der Waals surface area (Å²) in [4.78, 5) is 28.6. The van der Waals surface area contributed by atoms with Gasteiger partial charge < -0.3 is 5.11 Å². The van der Waals surface area contributed by atoms with Gasteiger partial charge in [0, 0.05) is 6.20 Å². The molecular formula is C21H15ClF3N3O3. The molecule has 1 N–H and O–H groups in total. The summed E-state index contributed by atoms with van der Waals surface area (Å²) in [6.07, 6.45) is -0.487. The molecule has 4 rings (SSSR count). The van der Waals surface area contributed by atoms with Crippen LogP contribution in [0.3, 0.4) is 0 Å². The number of carbonyl (C=O) groups excluding carboxylic acids is 1. The first-order valence-electron chi connectivity index (χ1n) is 9.35. The van der Waals surface area contributed by atoms with E-state index >= 15 is 0 Å². The third-order valence-corrected chi connectivity index (χ3v) is 5.54. The van der Waals surface area contributed by atoms with Crippen molar-refractivity contribution in [3.8, 4) is 0 Å². The van der Waals surface area contributed by atoms with Crippen LogP contribution in [0, 0.1) is 5.92 Å². The number of aromatic nitrogens is 3. The second-order valence-corrected chi connectivity index (χ2v) is 7.54. The van der Waals surface area contributed by atoms with Crippen molar-refractivity contribution in [3.63, 3.8) is 0 Å². The second kappa shape index (κ2) is 7.81. The molecule has 1 aliphatic rings. The van der Waals surface area contributed by atoms with Crippen molar-refractivity contribution < 1.29 is 27.9 Å². The van der Waals surface area contributed by atoms with E-state index in [1.165, 1.54) is 18.3 Å². The van der Waals surface area contributed by atoms with Gasteiger partial charge in [-0.2, -0.15) is 23.0 Å². The molecular weight excluding hydrogens is 435 g/mol. The normalized spacial score (nSPS) is 16.9. The van der Waals surface area contributed by atoms with Crippen molar-refractivity contribution >= 4 is 40.1 Å². The average molecular weight is 450 g/mol. The van der Waals surface area contributed by atoms with Gasteiger partial charge in [0.15, 0.2) is 0 Å². The molecule has 0 radical (unpaired) electrons. The van der Waals surface area contributed by atoms with Gasteiger partial charge in [0.2, 0.25) is 0 Å². The standard InChI is InChI=1S/C21H15ClF3N3O3/c22-14-4-1-3-13(21(23,24)25)16(14)19(29)28-15-5-2-10-26-18(15)17(27-28)11-6-8-12(9-7-11)20(30)31/h1-6,10,12H,7-9H2,(H,30,31). The lowest BCUT2D eigenvalue weighted by atomic mass is 9.88. The van der Waals surface area contributed by atoms with Gasteiger partial charge in [-0.05, 0) is 49.1 Å². The van der Waals surface area contributed by atoms with Gasteiger partial charge in [-0.1, -0.05) is 23.7 Å². The second-order valence-electron chi connectivity index (χ2n) is 7.14. The Morgan fingerprint density at radius 3 is 2.61 bits per heavy atom. The molecule has 1 aromatic carbocycles. The van der Waals surface area contributed by atoms with Gasteiger partial charge in [0.25, 0.3) is 5.91 Å². The molecule has 0 spiro atoms. The maximum absolute atomic E-state index is 13.5. The summed E-state index contributed by atoms with van der Waals surface area (Å²) in [5.41, 5.74) is -0.232. The van der Waals surface area contributed by atoms with E-state index in [2.05, 4.69) is 10.1 Å². The Labute approximate surface area is 179 Å². The monoisotopic (exact) mass is 449 g/mol. The van der Waals surface area contributed by atoms with Crippen LogP contribution in [0.4, 0.5) is 13.2 Å². The lowest BCUT2D eigenvalue weighted by molar-refractivity contribution is -0.142. The Balaban J connectivity index is 1.85. The summed E-state index contributed by atoms with van der Waals surface area (Å²) in [5.74, 6) is -2.43. The number of alkyl halides is 3. The molecule has 6 nitrogen and oxygen atoms in total. The van der Waals surface area contributed by atoms with Gasteiger partial charge >= 0.3 is 12.1 Å². The number of pyridine rings is 1. The SMILES string of the molecule is O=C(O)C1CC=C(c2nn(C(=O)c3c(Cl)cccc3C(F)(F)F)c3cccnc23)CC1. The number of nitrogens with zero attached hydrogens (tertiary/aromatic N) is 3. The maximum Gasteiger partial charge on any atom is 0.417 e. The van der Waals surface area contributed by atoms with Crippen molar-refractivity contribution in [3.05, 3.63) is 64.4 Å². The predicted molar refractivity (Wildman–Crippen MR) is 107 cm³/mol. The Morgan fingerprint density at radius 2 is 1.97 bits per heavy atom. The number of hydrogen-bond acceptors (Lipinski definition) is 4. The average Bonchev–Trinajstić information content (AvgIpc) is 3.12. The molecule has 2 aromatic heterocycles. The highest BCUT2D eigenvalue weighted by molar-refractivity contribution is 6.34. The van der Waals surface area contributed by atoms with Crippen LogP contribution in [0.25, 0.3) is 16.6 Å². The summed E-state index contributed by atoms with van der Waals surface area (Å²) in [6, 6.07) is 6.21. The van der Waals surface area contributed by atoms with Gasteiger partial charge in [0.1, 0.15) is 11.2 Å². The molecule has 2 heterocycles. The van der Waals surface area contributed by atoms with Crippen LogP contribution in [-0.4, -0.2) is 31.7 Å². The minimum absolute atomic E-state index is 0.233. The Bertz CT molecular complexity index is 1230. The van der Waals surface area contributed by atoms with Crippen molar-refractivity contribution in [1.82, 2.24) is 14.8 Å². The number of hydrogen-bond donors (Lipinski definition) is 1. The molecule has 160 valence electrons. The summed E-state index contributed by atoms with van der Waals surface area (Å²) >= 11 is 5.99. The Hall–Kier alpha value is -3.20. The zero-order valence-corrected chi connectivity index (χ0v) is 16.6. The zero-order valence-electron chi connectivity index (χ0n) is 15.9. The predicted octanol–water partition coefficient (Wildman–Crippen LogP) is 5.06. The smallest absolute Gasteiger partial charge is 0.417 e. The highest BCUT2D eigenvalue weighted by Crippen LogP contribution is 2.37. The molecule has 1 aliphatic carbocycles. The molecule has 0 saturated carbocycles. The summed E-state index contributed by atoms with van der Waals surface area (Å²) in [7, 11) is 0. The third-order valence-electron chi connectivity index (χ3n) is 5.23. The fourth-order valence-electron chi connectivity index (χ4n) is 3.68. The van der Waals surface area contributed by atoms with Crippen molar-refractivity contribution in [2.24, 2.45) is 5.92 Å². The molecule has 10 heteroatoms. The van der Waals surface area contributed by atoms with Crippen molar-refractivity contribution in [2.45, 2.75) is 25.4 Å². The van der Waals surface area contributed by atoms with Crippen molar-refractivity contribution in [1.29, 1.82) is 0 Å². The Morgan fingerprint density at radius 1 is 1.19 bits per heavy atom. The van der Waals surface area contributed by atoms with E-state index in [-0.39, 0.29) is 10.5 Å². The number of rotatable bonds is 3. The van der Waals surface area contributed by atoms with Crippen LogP contribution < -0.4 is 0 Å². The fraction of sp³-hybridized carbons (Fsp3) is 0.238. The lowest BCUT2D eigenvalue weighted by Gasteiger charge is -2.17. The van der Waals surface area contributed by atoms with Crippen LogP contribution in [-0.2, 0) is 11.0 Å². The topological polar surface area (TPSA) is 85.1 Å². The van der Waals surface area contributed by atoms with Crippen molar-refractivity contribution in [2.75, 3.05) is 0 Å². The summed E-state index contributed by atoms with van der Waals surface area (Å²) in [5, 5.41) is 13.1. The largest absolute Gasteiger partial charge is 0.481 e. The highest BCUT2D eigenvalue weighted by atomic mass is 35.5. The Kier molecular flexibility index (Phi) is 5.30. The first-order valence-corrected chi connectivity index (χ1v) is 9.72. The molecule has 3 aromatic rings. The van der Waals surface area contributed by atoms with Gasteiger partial charge in [0.05, 0.1) is 27.6 Å². The minimum atomic E-state index is -4.78. The third kappa shape index (κ3) is 3.81. The molecule has 0 aliphatic heterocycles. The molecule has 1 unspecified atom stereocenters. The van der Waals surface area contributed by atoms with E-state index < -0.39 is 35.1 Å². The van der Waals surface area contributed by atoms with Gasteiger partial charge in [-0.15, -0.1) is 0 Å². The van der Waals surface area contributed by atoms with E-state index in [0.717, 1.165) is 16.8 Å². The summed E-state index contributed by atoms with van der Waals surface area (Å²) < 4.78 is 41.4. The number of aliphatic carboxylic acids is 1. The molecule has 0 amide bonds. The van der Waals surface area contributed by atoms with Gasteiger partial charge in [-0.25, -0.2) is 0 Å². The molecule has 1 atom stereocenters. The van der Waals surface area contributed by atoms with Crippen LogP contribution in [0.5, 0.6) is 0 Å². The van der Waals surface area contributed by atoms with E-state index in [9.17, 15) is 27.9 Å².